The Kier molecular flexibility index (Phi) is 5.67. The van der Waals surface area contributed by atoms with Gasteiger partial charge in [0.05, 0.1) is 24.1 Å². The van der Waals surface area contributed by atoms with E-state index in [0.29, 0.717) is 10.4 Å². The predicted molar refractivity (Wildman–Crippen MR) is 98.9 cm³/mol. The van der Waals surface area contributed by atoms with Gasteiger partial charge in [-0.05, 0) is 31.2 Å². The van der Waals surface area contributed by atoms with Crippen molar-refractivity contribution in [3.05, 3.63) is 77.6 Å². The Morgan fingerprint density at radius 3 is 2.34 bits per heavy atom. The van der Waals surface area contributed by atoms with Crippen LogP contribution in [0.4, 0.5) is 18.9 Å². The second-order valence-corrected chi connectivity index (χ2v) is 5.87. The first-order valence-corrected chi connectivity index (χ1v) is 8.61. The molecule has 3 rings (SSSR count). The number of esters is 1. The maximum atomic E-state index is 13.7. The van der Waals surface area contributed by atoms with Gasteiger partial charge in [0.2, 0.25) is 0 Å². The number of aromatic nitrogens is 2. The Morgan fingerprint density at radius 1 is 1.03 bits per heavy atom. The van der Waals surface area contributed by atoms with Crippen LogP contribution in [0, 0.1) is 0 Å². The van der Waals surface area contributed by atoms with Crippen molar-refractivity contribution in [2.75, 3.05) is 11.9 Å². The van der Waals surface area contributed by atoms with E-state index in [-0.39, 0.29) is 17.9 Å². The number of nitrogens with one attached hydrogen (secondary N) is 1. The van der Waals surface area contributed by atoms with Crippen LogP contribution < -0.4 is 5.32 Å². The number of para-hydroxylation sites is 2. The molecule has 0 radical (unpaired) electrons. The molecule has 0 bridgehead atoms. The minimum Gasteiger partial charge on any atom is -0.462 e. The quantitative estimate of drug-likeness (QED) is 0.644. The van der Waals surface area contributed by atoms with E-state index < -0.39 is 29.3 Å². The normalized spacial score (nSPS) is 11.2. The summed E-state index contributed by atoms with van der Waals surface area (Å²) in [6.45, 7) is 1.40. The van der Waals surface area contributed by atoms with Gasteiger partial charge in [0.25, 0.3) is 5.91 Å². The molecule has 1 heterocycles. The Balaban J connectivity index is 2.08. The molecule has 0 atom stereocenters. The molecule has 3 aromatic rings. The number of rotatable bonds is 5. The van der Waals surface area contributed by atoms with Gasteiger partial charge in [-0.3, -0.25) is 4.79 Å². The first-order valence-electron chi connectivity index (χ1n) is 8.61. The van der Waals surface area contributed by atoms with Gasteiger partial charge in [0, 0.05) is 5.69 Å². The SMILES string of the molecule is CCOC(=O)c1cnn(-c2ccccc2C(=O)Nc2ccccc2)c1C(F)(F)F. The molecule has 29 heavy (non-hydrogen) atoms. The van der Waals surface area contributed by atoms with Gasteiger partial charge in [0.15, 0.2) is 5.69 Å². The monoisotopic (exact) mass is 403 g/mol. The third-order valence-electron chi connectivity index (χ3n) is 3.94. The summed E-state index contributed by atoms with van der Waals surface area (Å²) in [6, 6.07) is 14.2. The minimum absolute atomic E-state index is 0.0413. The van der Waals surface area contributed by atoms with Crippen molar-refractivity contribution in [1.29, 1.82) is 0 Å². The van der Waals surface area contributed by atoms with Gasteiger partial charge in [-0.15, -0.1) is 0 Å². The van der Waals surface area contributed by atoms with Gasteiger partial charge in [-0.1, -0.05) is 30.3 Å². The van der Waals surface area contributed by atoms with Crippen LogP contribution in [0.5, 0.6) is 0 Å². The predicted octanol–water partition coefficient (Wildman–Crippen LogP) is 4.32. The highest BCUT2D eigenvalue weighted by atomic mass is 19.4. The Labute approximate surface area is 163 Å². The Bertz CT molecular complexity index is 1030. The molecule has 0 unspecified atom stereocenters. The zero-order valence-corrected chi connectivity index (χ0v) is 15.2. The van der Waals surface area contributed by atoms with E-state index in [9.17, 15) is 22.8 Å². The topological polar surface area (TPSA) is 73.2 Å². The van der Waals surface area contributed by atoms with Crippen LogP contribution in [-0.4, -0.2) is 28.3 Å². The second-order valence-electron chi connectivity index (χ2n) is 5.87. The van der Waals surface area contributed by atoms with Crippen molar-refractivity contribution in [2.45, 2.75) is 13.1 Å². The van der Waals surface area contributed by atoms with E-state index in [2.05, 4.69) is 10.4 Å². The van der Waals surface area contributed by atoms with Gasteiger partial charge in [-0.25, -0.2) is 9.48 Å². The molecule has 0 spiro atoms. The van der Waals surface area contributed by atoms with Crippen molar-refractivity contribution in [1.82, 2.24) is 9.78 Å². The summed E-state index contributed by atoms with van der Waals surface area (Å²) < 4.78 is 46.4. The Morgan fingerprint density at radius 2 is 1.69 bits per heavy atom. The molecule has 6 nitrogen and oxygen atoms in total. The van der Waals surface area contributed by atoms with Crippen LogP contribution in [0.1, 0.15) is 33.3 Å². The highest BCUT2D eigenvalue weighted by Gasteiger charge is 2.41. The van der Waals surface area contributed by atoms with Crippen molar-refractivity contribution >= 4 is 17.6 Å². The number of halogens is 3. The molecule has 0 fully saturated rings. The van der Waals surface area contributed by atoms with Crippen LogP contribution in [0.25, 0.3) is 5.69 Å². The van der Waals surface area contributed by atoms with Crippen molar-refractivity contribution < 1.29 is 27.5 Å². The molecular formula is C20H16F3N3O3. The fourth-order valence-electron chi connectivity index (χ4n) is 2.73. The van der Waals surface area contributed by atoms with Crippen LogP contribution >= 0.6 is 0 Å². The molecule has 0 saturated heterocycles. The largest absolute Gasteiger partial charge is 0.462 e. The first-order chi connectivity index (χ1) is 13.8. The van der Waals surface area contributed by atoms with Crippen molar-refractivity contribution in [3.63, 3.8) is 0 Å². The van der Waals surface area contributed by atoms with Crippen molar-refractivity contribution in [3.8, 4) is 5.69 Å². The van der Waals surface area contributed by atoms with Crippen molar-refractivity contribution in [2.24, 2.45) is 0 Å². The number of hydrogen-bond donors (Lipinski definition) is 1. The number of amides is 1. The standard InChI is InChI=1S/C20H16F3N3O3/c1-2-29-19(28)15-12-24-26(17(15)20(21,22)23)16-11-7-6-10-14(16)18(27)25-13-8-4-3-5-9-13/h3-12H,2H2,1H3,(H,25,27). The summed E-state index contributed by atoms with van der Waals surface area (Å²) in [5.41, 5.74) is -1.71. The number of ether oxygens (including phenoxy) is 1. The lowest BCUT2D eigenvalue weighted by Crippen LogP contribution is -2.21. The average Bonchev–Trinajstić information content (AvgIpc) is 3.15. The van der Waals surface area contributed by atoms with Crippen LogP contribution in [-0.2, 0) is 10.9 Å². The lowest BCUT2D eigenvalue weighted by molar-refractivity contribution is -0.143. The fourth-order valence-corrected chi connectivity index (χ4v) is 2.73. The minimum atomic E-state index is -4.90. The van der Waals surface area contributed by atoms with E-state index in [1.165, 1.54) is 31.2 Å². The number of hydrogen-bond acceptors (Lipinski definition) is 4. The van der Waals surface area contributed by atoms with Gasteiger partial charge in [0.1, 0.15) is 5.56 Å². The van der Waals surface area contributed by atoms with E-state index in [0.717, 1.165) is 6.20 Å². The molecule has 150 valence electrons. The number of anilines is 1. The van der Waals surface area contributed by atoms with Gasteiger partial charge < -0.3 is 10.1 Å². The van der Waals surface area contributed by atoms with E-state index in [1.807, 2.05) is 0 Å². The first kappa shape index (κ1) is 20.1. The molecule has 1 N–H and O–H groups in total. The maximum absolute atomic E-state index is 13.7. The van der Waals surface area contributed by atoms with Crippen LogP contribution in [0.15, 0.2) is 60.8 Å². The molecule has 1 aromatic heterocycles. The zero-order chi connectivity index (χ0) is 21.0. The zero-order valence-electron chi connectivity index (χ0n) is 15.2. The summed E-state index contributed by atoms with van der Waals surface area (Å²) in [6.07, 6.45) is -4.12. The van der Waals surface area contributed by atoms with E-state index >= 15 is 0 Å². The average molecular weight is 403 g/mol. The number of nitrogens with zero attached hydrogens (tertiary/aromatic N) is 2. The summed E-state index contributed by atoms with van der Waals surface area (Å²) in [5, 5.41) is 6.35. The van der Waals surface area contributed by atoms with Gasteiger partial charge >= 0.3 is 12.1 Å². The third-order valence-corrected chi connectivity index (χ3v) is 3.94. The molecule has 0 aliphatic rings. The fraction of sp³-hybridized carbons (Fsp3) is 0.150. The number of carbonyl (C=O) groups is 2. The van der Waals surface area contributed by atoms with Crippen LogP contribution in [0.2, 0.25) is 0 Å². The molecule has 0 aliphatic heterocycles. The summed E-state index contributed by atoms with van der Waals surface area (Å²) in [5.74, 6) is -1.76. The highest BCUT2D eigenvalue weighted by molar-refractivity contribution is 6.06. The summed E-state index contributed by atoms with van der Waals surface area (Å²) in [7, 11) is 0. The number of carbonyl (C=O) groups excluding carboxylic acids is 2. The molecular weight excluding hydrogens is 387 g/mol. The molecule has 0 saturated carbocycles. The summed E-state index contributed by atoms with van der Waals surface area (Å²) in [4.78, 5) is 24.6. The Hall–Kier alpha value is -3.62. The third kappa shape index (κ3) is 4.29. The molecule has 9 heteroatoms. The van der Waals surface area contributed by atoms with Crippen LogP contribution in [0.3, 0.4) is 0 Å². The van der Waals surface area contributed by atoms with E-state index in [1.54, 1.807) is 30.3 Å². The second kappa shape index (κ2) is 8.17. The van der Waals surface area contributed by atoms with E-state index in [4.69, 9.17) is 4.74 Å². The highest BCUT2D eigenvalue weighted by Crippen LogP contribution is 2.34. The molecule has 0 aliphatic carbocycles. The summed E-state index contributed by atoms with van der Waals surface area (Å²) >= 11 is 0. The lowest BCUT2D eigenvalue weighted by Gasteiger charge is -2.15. The maximum Gasteiger partial charge on any atom is 0.434 e. The smallest absolute Gasteiger partial charge is 0.434 e. The lowest BCUT2D eigenvalue weighted by atomic mass is 10.1. The molecule has 2 aromatic carbocycles. The molecule has 1 amide bonds. The van der Waals surface area contributed by atoms with Gasteiger partial charge in [-0.2, -0.15) is 18.3 Å². The number of benzene rings is 2. The number of alkyl halides is 3.